The number of hydrogen-bond donors (Lipinski definition) is 3. The van der Waals surface area contributed by atoms with Gasteiger partial charge in [0.05, 0.1) is 0 Å². The molecular formula is C13H16N2O4. The molecule has 19 heavy (non-hydrogen) atoms. The van der Waals surface area contributed by atoms with E-state index in [0.29, 0.717) is 13.0 Å². The van der Waals surface area contributed by atoms with Crippen molar-refractivity contribution in [1.29, 1.82) is 0 Å². The van der Waals surface area contributed by atoms with Crippen molar-refractivity contribution in [3.05, 3.63) is 35.9 Å². The van der Waals surface area contributed by atoms with E-state index < -0.39 is 18.1 Å². The van der Waals surface area contributed by atoms with Crippen LogP contribution >= 0.6 is 0 Å². The highest BCUT2D eigenvalue weighted by Gasteiger charge is 2.30. The quantitative estimate of drug-likeness (QED) is 0.746. The molecule has 1 aliphatic heterocycles. The van der Waals surface area contributed by atoms with E-state index in [2.05, 4.69) is 10.6 Å². The minimum absolute atomic E-state index is 0.204. The van der Waals surface area contributed by atoms with Crippen molar-refractivity contribution < 1.29 is 19.4 Å². The van der Waals surface area contributed by atoms with Crippen LogP contribution in [0.25, 0.3) is 0 Å². The lowest BCUT2D eigenvalue weighted by atomic mass is 10.2. The van der Waals surface area contributed by atoms with Crippen LogP contribution < -0.4 is 10.6 Å². The molecule has 2 unspecified atom stereocenters. The van der Waals surface area contributed by atoms with Crippen molar-refractivity contribution in [1.82, 2.24) is 10.6 Å². The number of amides is 1. The Morgan fingerprint density at radius 1 is 1.37 bits per heavy atom. The monoisotopic (exact) mass is 264 g/mol. The molecule has 6 heteroatoms. The fourth-order valence-electron chi connectivity index (χ4n) is 1.97. The van der Waals surface area contributed by atoms with E-state index in [-0.39, 0.29) is 12.6 Å². The molecule has 0 aromatic heterocycles. The minimum Gasteiger partial charge on any atom is -0.480 e. The van der Waals surface area contributed by atoms with Gasteiger partial charge in [-0.05, 0) is 12.0 Å². The van der Waals surface area contributed by atoms with Gasteiger partial charge in [0.15, 0.2) is 0 Å². The molecule has 2 atom stereocenters. The first kappa shape index (κ1) is 13.4. The van der Waals surface area contributed by atoms with Gasteiger partial charge in [-0.15, -0.1) is 0 Å². The zero-order valence-corrected chi connectivity index (χ0v) is 10.3. The van der Waals surface area contributed by atoms with E-state index in [1.165, 1.54) is 0 Å². The molecule has 1 aliphatic rings. The zero-order valence-electron chi connectivity index (χ0n) is 10.3. The predicted molar refractivity (Wildman–Crippen MR) is 67.6 cm³/mol. The number of ether oxygens (including phenoxy) is 1. The van der Waals surface area contributed by atoms with Gasteiger partial charge in [-0.3, -0.25) is 4.79 Å². The highest BCUT2D eigenvalue weighted by atomic mass is 16.5. The van der Waals surface area contributed by atoms with Crippen molar-refractivity contribution in [3.63, 3.8) is 0 Å². The summed E-state index contributed by atoms with van der Waals surface area (Å²) >= 11 is 0. The molecule has 3 N–H and O–H groups in total. The number of rotatable bonds is 4. The Balaban J connectivity index is 1.72. The second-order valence-electron chi connectivity index (χ2n) is 4.44. The van der Waals surface area contributed by atoms with Gasteiger partial charge in [-0.1, -0.05) is 30.3 Å². The van der Waals surface area contributed by atoms with Crippen LogP contribution in [0.1, 0.15) is 12.0 Å². The largest absolute Gasteiger partial charge is 0.480 e. The van der Waals surface area contributed by atoms with Crippen LogP contribution in [0.5, 0.6) is 0 Å². The Morgan fingerprint density at radius 3 is 2.74 bits per heavy atom. The first-order chi connectivity index (χ1) is 9.15. The van der Waals surface area contributed by atoms with Gasteiger partial charge in [0.1, 0.15) is 12.6 Å². The maximum atomic E-state index is 11.5. The van der Waals surface area contributed by atoms with E-state index in [0.717, 1.165) is 5.56 Å². The van der Waals surface area contributed by atoms with E-state index in [4.69, 9.17) is 9.84 Å². The van der Waals surface area contributed by atoms with E-state index >= 15 is 0 Å². The Morgan fingerprint density at radius 2 is 2.11 bits per heavy atom. The molecule has 0 bridgehead atoms. The van der Waals surface area contributed by atoms with Crippen molar-refractivity contribution in [2.24, 2.45) is 0 Å². The molecule has 1 amide bonds. The summed E-state index contributed by atoms with van der Waals surface area (Å²) in [5.41, 5.74) is 0.908. The molecule has 0 aliphatic carbocycles. The number of alkyl carbamates (subject to hydrolysis) is 1. The number of nitrogens with one attached hydrogen (secondary N) is 2. The van der Waals surface area contributed by atoms with Crippen molar-refractivity contribution in [2.45, 2.75) is 25.1 Å². The van der Waals surface area contributed by atoms with Crippen LogP contribution in [0.3, 0.4) is 0 Å². The third-order valence-corrected chi connectivity index (χ3v) is 2.96. The van der Waals surface area contributed by atoms with E-state index in [9.17, 15) is 9.59 Å². The van der Waals surface area contributed by atoms with E-state index in [1.54, 1.807) is 0 Å². The first-order valence-corrected chi connectivity index (χ1v) is 6.08. The number of carboxylic acid groups (broad SMARTS) is 1. The van der Waals surface area contributed by atoms with Crippen LogP contribution in [0.15, 0.2) is 30.3 Å². The number of aliphatic carboxylic acids is 1. The third kappa shape index (κ3) is 3.96. The van der Waals surface area contributed by atoms with Gasteiger partial charge in [-0.25, -0.2) is 4.79 Å². The Hall–Kier alpha value is -2.08. The van der Waals surface area contributed by atoms with Gasteiger partial charge in [-0.2, -0.15) is 0 Å². The Kier molecular flexibility index (Phi) is 4.35. The number of hydrogen-bond acceptors (Lipinski definition) is 4. The fourth-order valence-corrected chi connectivity index (χ4v) is 1.97. The van der Waals surface area contributed by atoms with Crippen LogP contribution in [-0.2, 0) is 16.1 Å². The van der Waals surface area contributed by atoms with Gasteiger partial charge >= 0.3 is 12.1 Å². The number of carboxylic acids is 1. The van der Waals surface area contributed by atoms with Crippen molar-refractivity contribution >= 4 is 12.1 Å². The highest BCUT2D eigenvalue weighted by Crippen LogP contribution is 2.07. The molecule has 1 aromatic rings. The molecule has 0 saturated carbocycles. The summed E-state index contributed by atoms with van der Waals surface area (Å²) in [5.74, 6) is -0.901. The zero-order chi connectivity index (χ0) is 13.7. The van der Waals surface area contributed by atoms with Crippen LogP contribution in [-0.4, -0.2) is 35.8 Å². The number of benzene rings is 1. The van der Waals surface area contributed by atoms with Crippen molar-refractivity contribution in [2.75, 3.05) is 6.54 Å². The molecule has 6 nitrogen and oxygen atoms in total. The second-order valence-corrected chi connectivity index (χ2v) is 4.44. The molecule has 1 saturated heterocycles. The molecule has 2 rings (SSSR count). The summed E-state index contributed by atoms with van der Waals surface area (Å²) in [6, 6.07) is 8.56. The van der Waals surface area contributed by atoms with Gasteiger partial charge in [0.2, 0.25) is 0 Å². The minimum atomic E-state index is -0.901. The molecule has 0 spiro atoms. The maximum absolute atomic E-state index is 11.5. The molecular weight excluding hydrogens is 248 g/mol. The second kappa shape index (κ2) is 6.19. The third-order valence-electron chi connectivity index (χ3n) is 2.96. The van der Waals surface area contributed by atoms with Crippen LogP contribution in [0.4, 0.5) is 4.79 Å². The van der Waals surface area contributed by atoms with Gasteiger partial charge < -0.3 is 20.5 Å². The first-order valence-electron chi connectivity index (χ1n) is 6.08. The summed E-state index contributed by atoms with van der Waals surface area (Å²) in [6.07, 6.45) is -0.155. The lowest BCUT2D eigenvalue weighted by molar-refractivity contribution is -0.139. The Labute approximate surface area is 110 Å². The normalized spacial score (nSPS) is 21.9. The molecule has 102 valence electrons. The SMILES string of the molecule is O=C(NC1CNC(C(=O)O)C1)OCc1ccccc1. The lowest BCUT2D eigenvalue weighted by Gasteiger charge is -2.11. The summed E-state index contributed by atoms with van der Waals surface area (Å²) < 4.78 is 5.06. The summed E-state index contributed by atoms with van der Waals surface area (Å²) in [7, 11) is 0. The van der Waals surface area contributed by atoms with Crippen LogP contribution in [0.2, 0.25) is 0 Å². The average Bonchev–Trinajstić information content (AvgIpc) is 2.86. The van der Waals surface area contributed by atoms with Crippen molar-refractivity contribution in [3.8, 4) is 0 Å². The lowest BCUT2D eigenvalue weighted by Crippen LogP contribution is -2.36. The summed E-state index contributed by atoms with van der Waals surface area (Å²) in [6.45, 7) is 0.645. The van der Waals surface area contributed by atoms with Gasteiger partial charge in [0, 0.05) is 12.6 Å². The van der Waals surface area contributed by atoms with Crippen LogP contribution in [0, 0.1) is 0 Å². The molecule has 1 heterocycles. The molecule has 1 fully saturated rings. The fraction of sp³-hybridized carbons (Fsp3) is 0.385. The van der Waals surface area contributed by atoms with E-state index in [1.807, 2.05) is 30.3 Å². The Bertz CT molecular complexity index is 449. The summed E-state index contributed by atoms with van der Waals surface area (Å²) in [5, 5.41) is 14.3. The molecule has 0 radical (unpaired) electrons. The predicted octanol–water partition coefficient (Wildman–Crippen LogP) is 0.728. The number of carbonyl (C=O) groups excluding carboxylic acids is 1. The standard InChI is InChI=1S/C13H16N2O4/c16-12(17)11-6-10(7-14-11)15-13(18)19-8-9-4-2-1-3-5-9/h1-5,10-11,14H,6-8H2,(H,15,18)(H,16,17). The van der Waals surface area contributed by atoms with Gasteiger partial charge in [0.25, 0.3) is 0 Å². The average molecular weight is 264 g/mol. The summed E-state index contributed by atoms with van der Waals surface area (Å²) in [4.78, 5) is 22.3. The topological polar surface area (TPSA) is 87.7 Å². The molecule has 1 aromatic carbocycles. The number of carbonyl (C=O) groups is 2. The smallest absolute Gasteiger partial charge is 0.407 e. The highest BCUT2D eigenvalue weighted by molar-refractivity contribution is 5.74. The maximum Gasteiger partial charge on any atom is 0.407 e.